The minimum Gasteiger partial charge on any atom is -0.474 e. The second kappa shape index (κ2) is 15.0. The number of aryl methyl sites for hydroxylation is 1. The highest BCUT2D eigenvalue weighted by Gasteiger charge is 2.30. The van der Waals surface area contributed by atoms with E-state index in [0.29, 0.717) is 5.56 Å². The lowest BCUT2D eigenvalue weighted by molar-refractivity contribution is -0.156. The molecule has 0 fully saturated rings. The van der Waals surface area contributed by atoms with E-state index in [1.165, 1.54) is 37.8 Å². The Hall–Kier alpha value is -3.27. The number of hydrogen-bond donors (Lipinski definition) is 1. The van der Waals surface area contributed by atoms with Gasteiger partial charge in [0.05, 0.1) is 5.56 Å². The first kappa shape index (κ1) is 29.0. The van der Waals surface area contributed by atoms with Crippen LogP contribution in [0.4, 0.5) is 13.2 Å². The molecule has 1 N–H and O–H groups in total. The normalized spacial score (nSPS) is 11.0. The minimum absolute atomic E-state index is 0.0379. The van der Waals surface area contributed by atoms with Gasteiger partial charge in [0.15, 0.2) is 0 Å². The van der Waals surface area contributed by atoms with E-state index >= 15 is 0 Å². The maximum absolute atomic E-state index is 12.8. The van der Waals surface area contributed by atoms with Crippen LogP contribution in [0, 0.1) is 11.8 Å². The predicted molar refractivity (Wildman–Crippen MR) is 134 cm³/mol. The fourth-order valence-electron chi connectivity index (χ4n) is 3.76. The molecule has 0 spiro atoms. The minimum atomic E-state index is -4.46. The van der Waals surface area contributed by atoms with Gasteiger partial charge >= 0.3 is 18.1 Å². The summed E-state index contributed by atoms with van der Waals surface area (Å²) in [6.45, 7) is 2.13. The molecule has 0 aliphatic carbocycles. The van der Waals surface area contributed by atoms with Crippen LogP contribution in [0.25, 0.3) is 0 Å². The molecule has 0 saturated carbocycles. The molecular weight excluding hydrogens is 467 g/mol. The van der Waals surface area contributed by atoms with Crippen molar-refractivity contribution in [2.24, 2.45) is 0 Å². The lowest BCUT2D eigenvalue weighted by atomic mass is 10.1. The monoisotopic (exact) mass is 501 g/mol. The van der Waals surface area contributed by atoms with Crippen LogP contribution in [0.3, 0.4) is 0 Å². The molecule has 0 bridgehead atoms. The number of rotatable bonds is 12. The number of benzene rings is 2. The van der Waals surface area contributed by atoms with E-state index in [1.807, 2.05) is 24.3 Å². The number of aliphatic carboxylic acids is 1. The number of halogens is 3. The van der Waals surface area contributed by atoms with Crippen molar-refractivity contribution in [2.45, 2.75) is 84.0 Å². The van der Waals surface area contributed by atoms with E-state index in [0.717, 1.165) is 60.3 Å². The molecule has 2 aromatic rings. The van der Waals surface area contributed by atoms with E-state index in [2.05, 4.69) is 18.8 Å². The zero-order valence-electron chi connectivity index (χ0n) is 20.7. The van der Waals surface area contributed by atoms with Gasteiger partial charge in [-0.15, -0.1) is 11.8 Å². The van der Waals surface area contributed by atoms with Gasteiger partial charge in [0.2, 0.25) is 0 Å². The summed E-state index contributed by atoms with van der Waals surface area (Å²) < 4.78 is 38.3. The van der Waals surface area contributed by atoms with Gasteiger partial charge in [-0.3, -0.25) is 4.79 Å². The summed E-state index contributed by atoms with van der Waals surface area (Å²) >= 11 is 0. The van der Waals surface area contributed by atoms with E-state index in [4.69, 9.17) is 0 Å². The number of carbonyl (C=O) groups excluding carboxylic acids is 1. The van der Waals surface area contributed by atoms with Crippen molar-refractivity contribution < 1.29 is 27.9 Å². The first-order valence-electron chi connectivity index (χ1n) is 12.4. The first-order valence-corrected chi connectivity index (χ1v) is 12.4. The molecule has 2 rings (SSSR count). The Bertz CT molecular complexity index is 1020. The molecular formula is C29H34F3NO3. The lowest BCUT2D eigenvalue weighted by Gasteiger charge is -2.21. The number of unbranched alkanes of at least 4 members (excludes halogenated alkanes) is 6. The quantitative estimate of drug-likeness (QED) is 0.193. The molecule has 2 aromatic carbocycles. The maximum atomic E-state index is 12.8. The molecule has 7 heteroatoms. The third kappa shape index (κ3) is 10.6. The van der Waals surface area contributed by atoms with Crippen molar-refractivity contribution in [1.82, 2.24) is 4.90 Å². The Labute approximate surface area is 211 Å². The van der Waals surface area contributed by atoms with Crippen molar-refractivity contribution in [3.05, 3.63) is 70.8 Å². The predicted octanol–water partition coefficient (Wildman–Crippen LogP) is 7.01. The van der Waals surface area contributed by atoms with Crippen LogP contribution in [0.5, 0.6) is 0 Å². The summed E-state index contributed by atoms with van der Waals surface area (Å²) in [6, 6.07) is 11.9. The smallest absolute Gasteiger partial charge is 0.416 e. The van der Waals surface area contributed by atoms with Crippen LogP contribution in [0.2, 0.25) is 0 Å². The molecule has 1 amide bonds. The van der Waals surface area contributed by atoms with Crippen molar-refractivity contribution in [1.29, 1.82) is 0 Å². The molecule has 0 radical (unpaired) electrons. The largest absolute Gasteiger partial charge is 0.474 e. The van der Waals surface area contributed by atoms with Crippen LogP contribution in [-0.2, 0) is 35.3 Å². The summed E-state index contributed by atoms with van der Waals surface area (Å²) in [5, 5.41) is 9.18. The van der Waals surface area contributed by atoms with Gasteiger partial charge in [-0.1, -0.05) is 69.0 Å². The van der Waals surface area contributed by atoms with Crippen molar-refractivity contribution >= 4 is 11.9 Å². The summed E-state index contributed by atoms with van der Waals surface area (Å²) in [6.07, 6.45) is 5.37. The average Bonchev–Trinajstić information content (AvgIpc) is 2.85. The Morgan fingerprint density at radius 3 is 1.81 bits per heavy atom. The van der Waals surface area contributed by atoms with Crippen LogP contribution in [-0.4, -0.2) is 21.9 Å². The molecule has 0 saturated heterocycles. The first-order chi connectivity index (χ1) is 17.2. The van der Waals surface area contributed by atoms with E-state index < -0.39 is 23.6 Å². The number of carbonyl (C=O) groups is 2. The third-order valence-corrected chi connectivity index (χ3v) is 5.82. The SMILES string of the molecule is CCCCCCCC#CCCCc1ccc(CN(Cc2ccc(C(F)(F)F)cc2)C(=O)C(=O)O)cc1. The average molecular weight is 502 g/mol. The molecule has 194 valence electrons. The summed E-state index contributed by atoms with van der Waals surface area (Å²) in [5.41, 5.74) is 1.48. The Morgan fingerprint density at radius 2 is 1.28 bits per heavy atom. The van der Waals surface area contributed by atoms with Crippen LogP contribution in [0.15, 0.2) is 48.5 Å². The molecule has 4 nitrogen and oxygen atoms in total. The lowest BCUT2D eigenvalue weighted by Crippen LogP contribution is -2.35. The van der Waals surface area contributed by atoms with Crippen LogP contribution < -0.4 is 0 Å². The maximum Gasteiger partial charge on any atom is 0.416 e. The van der Waals surface area contributed by atoms with Gasteiger partial charge in [-0.05, 0) is 48.1 Å². The topological polar surface area (TPSA) is 57.6 Å². The van der Waals surface area contributed by atoms with Gasteiger partial charge in [0.1, 0.15) is 0 Å². The highest BCUT2D eigenvalue weighted by molar-refractivity contribution is 6.31. The van der Waals surface area contributed by atoms with Crippen molar-refractivity contribution in [3.8, 4) is 11.8 Å². The Balaban J connectivity index is 1.87. The van der Waals surface area contributed by atoms with E-state index in [1.54, 1.807) is 0 Å². The number of nitrogens with zero attached hydrogens (tertiary/aromatic N) is 1. The molecule has 36 heavy (non-hydrogen) atoms. The second-order valence-corrected chi connectivity index (χ2v) is 8.85. The Kier molecular flexibility index (Phi) is 12.0. The van der Waals surface area contributed by atoms with E-state index in [9.17, 15) is 27.9 Å². The standard InChI is InChI=1S/C29H34F3NO3/c1-2-3-4-5-6-7-8-9-10-11-12-23-13-15-24(16-14-23)21-33(27(34)28(35)36)22-25-17-19-26(20-18-25)29(30,31)32/h13-20H,2-7,10-12,21-22H2,1H3,(H,35,36). The highest BCUT2D eigenvalue weighted by atomic mass is 19.4. The zero-order valence-corrected chi connectivity index (χ0v) is 20.7. The van der Waals surface area contributed by atoms with Crippen molar-refractivity contribution in [3.63, 3.8) is 0 Å². The molecule has 0 aliphatic heterocycles. The van der Waals surface area contributed by atoms with Crippen LogP contribution >= 0.6 is 0 Å². The zero-order chi connectivity index (χ0) is 26.4. The highest BCUT2D eigenvalue weighted by Crippen LogP contribution is 2.29. The summed E-state index contributed by atoms with van der Waals surface area (Å²) in [5.74, 6) is 3.75. The molecule has 0 aliphatic rings. The molecule has 0 aromatic heterocycles. The number of carboxylic acid groups (broad SMARTS) is 1. The van der Waals surface area contributed by atoms with Gasteiger partial charge in [-0.25, -0.2) is 4.79 Å². The van der Waals surface area contributed by atoms with Gasteiger partial charge in [0.25, 0.3) is 0 Å². The molecule has 0 unspecified atom stereocenters. The fourth-order valence-corrected chi connectivity index (χ4v) is 3.76. The summed E-state index contributed by atoms with van der Waals surface area (Å²) in [7, 11) is 0. The van der Waals surface area contributed by atoms with Crippen LogP contribution in [0.1, 0.15) is 80.5 Å². The molecule has 0 heterocycles. The third-order valence-electron chi connectivity index (χ3n) is 5.82. The van der Waals surface area contributed by atoms with Crippen molar-refractivity contribution in [2.75, 3.05) is 0 Å². The fraction of sp³-hybridized carbons (Fsp3) is 0.448. The second-order valence-electron chi connectivity index (χ2n) is 8.85. The van der Waals surface area contributed by atoms with E-state index in [-0.39, 0.29) is 13.1 Å². The van der Waals surface area contributed by atoms with Gasteiger partial charge in [0, 0.05) is 25.9 Å². The molecule has 0 atom stereocenters. The van der Waals surface area contributed by atoms with Gasteiger partial charge in [-0.2, -0.15) is 13.2 Å². The van der Waals surface area contributed by atoms with Gasteiger partial charge < -0.3 is 10.0 Å². The number of alkyl halides is 3. The summed E-state index contributed by atoms with van der Waals surface area (Å²) in [4.78, 5) is 24.6. The Morgan fingerprint density at radius 1 is 0.778 bits per heavy atom. The number of amides is 1. The number of carboxylic acids is 1. The number of hydrogen-bond acceptors (Lipinski definition) is 2.